The Bertz CT molecular complexity index is 696. The number of carbonyl (C=O) groups is 1. The molecule has 7 nitrogen and oxygen atoms in total. The van der Waals surface area contributed by atoms with Gasteiger partial charge in [0.05, 0.1) is 5.56 Å². The van der Waals surface area contributed by atoms with Gasteiger partial charge in [-0.25, -0.2) is 14.8 Å². The lowest BCUT2D eigenvalue weighted by atomic mass is 10.2. The lowest BCUT2D eigenvalue weighted by molar-refractivity contribution is 0.0697. The van der Waals surface area contributed by atoms with E-state index in [1.54, 1.807) is 30.6 Å². The zero-order valence-corrected chi connectivity index (χ0v) is 13.6. The molecule has 0 unspecified atom stereocenters. The van der Waals surface area contributed by atoms with Gasteiger partial charge in [-0.3, -0.25) is 0 Å². The minimum absolute atomic E-state index is 0.262. The second kappa shape index (κ2) is 7.27. The number of likely N-dealkylation sites (N-methyl/N-ethyl adjacent to an activating group) is 1. The number of nitrogens with one attached hydrogen (secondary N) is 1. The summed E-state index contributed by atoms with van der Waals surface area (Å²) in [7, 11) is 0. The molecule has 2 aromatic rings. The maximum atomic E-state index is 10.9. The van der Waals surface area contributed by atoms with Gasteiger partial charge in [-0.15, -0.1) is 0 Å². The number of aromatic carboxylic acids is 1. The highest BCUT2D eigenvalue weighted by atomic mass is 16.4. The van der Waals surface area contributed by atoms with Crippen LogP contribution in [-0.4, -0.2) is 58.7 Å². The molecule has 0 spiro atoms. The van der Waals surface area contributed by atoms with Gasteiger partial charge in [-0.2, -0.15) is 0 Å². The molecule has 3 rings (SSSR count). The molecule has 126 valence electrons. The smallest absolute Gasteiger partial charge is 0.335 e. The van der Waals surface area contributed by atoms with Crippen molar-refractivity contribution in [3.63, 3.8) is 0 Å². The Morgan fingerprint density at radius 1 is 1.17 bits per heavy atom. The number of hydrogen-bond donors (Lipinski definition) is 2. The molecular weight excluding hydrogens is 306 g/mol. The fourth-order valence-corrected chi connectivity index (χ4v) is 2.73. The molecule has 0 aliphatic carbocycles. The molecule has 0 radical (unpaired) electrons. The van der Waals surface area contributed by atoms with Crippen LogP contribution in [0.4, 0.5) is 17.3 Å². The molecule has 0 saturated carbocycles. The van der Waals surface area contributed by atoms with Crippen LogP contribution in [0.2, 0.25) is 0 Å². The molecule has 0 amide bonds. The van der Waals surface area contributed by atoms with Crippen molar-refractivity contribution in [1.82, 2.24) is 14.9 Å². The number of benzene rings is 1. The molecule has 0 bridgehead atoms. The Morgan fingerprint density at radius 3 is 2.50 bits per heavy atom. The fraction of sp³-hybridized carbons (Fsp3) is 0.353. The number of aromatic nitrogens is 2. The standard InChI is InChI=1S/C17H21N5O2/c1-2-21-7-9-22(10-8-21)16-11-15(18-12-19-16)20-14-5-3-13(4-6-14)17(23)24/h3-6,11-12H,2,7-10H2,1H3,(H,23,24)(H,18,19,20). The first-order valence-electron chi connectivity index (χ1n) is 8.05. The summed E-state index contributed by atoms with van der Waals surface area (Å²) in [4.78, 5) is 24.2. The average molecular weight is 327 g/mol. The molecule has 7 heteroatoms. The molecule has 1 aromatic carbocycles. The summed E-state index contributed by atoms with van der Waals surface area (Å²) in [5.41, 5.74) is 1.05. The number of hydrogen-bond acceptors (Lipinski definition) is 6. The average Bonchev–Trinajstić information content (AvgIpc) is 2.62. The number of rotatable bonds is 5. The maximum Gasteiger partial charge on any atom is 0.335 e. The monoisotopic (exact) mass is 327 g/mol. The van der Waals surface area contributed by atoms with Gasteiger partial charge in [-0.05, 0) is 30.8 Å². The van der Waals surface area contributed by atoms with E-state index in [2.05, 4.69) is 32.0 Å². The van der Waals surface area contributed by atoms with E-state index in [4.69, 9.17) is 5.11 Å². The third kappa shape index (κ3) is 3.80. The van der Waals surface area contributed by atoms with Crippen LogP contribution in [0, 0.1) is 0 Å². The third-order valence-electron chi connectivity index (χ3n) is 4.20. The van der Waals surface area contributed by atoms with Gasteiger partial charge in [0.15, 0.2) is 0 Å². The van der Waals surface area contributed by atoms with Crippen molar-refractivity contribution < 1.29 is 9.90 Å². The molecule has 2 N–H and O–H groups in total. The van der Waals surface area contributed by atoms with E-state index in [9.17, 15) is 4.79 Å². The summed E-state index contributed by atoms with van der Waals surface area (Å²) < 4.78 is 0. The van der Waals surface area contributed by atoms with Crippen LogP contribution in [-0.2, 0) is 0 Å². The maximum absolute atomic E-state index is 10.9. The normalized spacial score (nSPS) is 15.3. The van der Waals surface area contributed by atoms with Gasteiger partial charge in [0.1, 0.15) is 18.0 Å². The predicted molar refractivity (Wildman–Crippen MR) is 93.0 cm³/mol. The Morgan fingerprint density at radius 2 is 1.88 bits per heavy atom. The lowest BCUT2D eigenvalue weighted by Gasteiger charge is -2.34. The zero-order valence-electron chi connectivity index (χ0n) is 13.6. The van der Waals surface area contributed by atoms with Gasteiger partial charge < -0.3 is 20.2 Å². The van der Waals surface area contributed by atoms with Crippen LogP contribution in [0.15, 0.2) is 36.7 Å². The second-order valence-electron chi connectivity index (χ2n) is 5.69. The first kappa shape index (κ1) is 16.2. The van der Waals surface area contributed by atoms with Crippen molar-refractivity contribution in [2.24, 2.45) is 0 Å². The molecular formula is C17H21N5O2. The predicted octanol–water partition coefficient (Wildman–Crippen LogP) is 2.06. The van der Waals surface area contributed by atoms with Crippen LogP contribution >= 0.6 is 0 Å². The SMILES string of the molecule is CCN1CCN(c2cc(Nc3ccc(C(=O)O)cc3)ncn2)CC1. The van der Waals surface area contributed by atoms with E-state index >= 15 is 0 Å². The molecule has 1 fully saturated rings. The van der Waals surface area contributed by atoms with Gasteiger partial charge in [0, 0.05) is 37.9 Å². The molecule has 24 heavy (non-hydrogen) atoms. The van der Waals surface area contributed by atoms with Gasteiger partial charge in [0.2, 0.25) is 0 Å². The van der Waals surface area contributed by atoms with Gasteiger partial charge in [0.25, 0.3) is 0 Å². The van der Waals surface area contributed by atoms with E-state index in [0.717, 1.165) is 44.2 Å². The molecule has 1 aliphatic heterocycles. The summed E-state index contributed by atoms with van der Waals surface area (Å²) >= 11 is 0. The first-order chi connectivity index (χ1) is 11.7. The molecule has 0 atom stereocenters. The second-order valence-corrected chi connectivity index (χ2v) is 5.69. The van der Waals surface area contributed by atoms with Crippen molar-refractivity contribution in [2.45, 2.75) is 6.92 Å². The van der Waals surface area contributed by atoms with Gasteiger partial charge >= 0.3 is 5.97 Å². The summed E-state index contributed by atoms with van der Waals surface area (Å²) in [5.74, 6) is 0.670. The van der Waals surface area contributed by atoms with E-state index in [1.165, 1.54) is 0 Å². The number of anilines is 3. The summed E-state index contributed by atoms with van der Waals surface area (Å²) in [6.07, 6.45) is 1.55. The van der Waals surface area contributed by atoms with E-state index < -0.39 is 5.97 Å². The summed E-state index contributed by atoms with van der Waals surface area (Å²) in [6, 6.07) is 8.51. The summed E-state index contributed by atoms with van der Waals surface area (Å²) in [5, 5.41) is 12.1. The highest BCUT2D eigenvalue weighted by Gasteiger charge is 2.17. The molecule has 1 saturated heterocycles. The largest absolute Gasteiger partial charge is 0.478 e. The highest BCUT2D eigenvalue weighted by molar-refractivity contribution is 5.88. The lowest BCUT2D eigenvalue weighted by Crippen LogP contribution is -2.46. The van der Waals surface area contributed by atoms with Gasteiger partial charge in [-0.1, -0.05) is 6.92 Å². The van der Waals surface area contributed by atoms with Crippen molar-refractivity contribution in [2.75, 3.05) is 42.9 Å². The summed E-state index contributed by atoms with van der Waals surface area (Å²) in [6.45, 7) is 7.25. The van der Waals surface area contributed by atoms with Crippen LogP contribution in [0.25, 0.3) is 0 Å². The van der Waals surface area contributed by atoms with Crippen molar-refractivity contribution in [3.05, 3.63) is 42.2 Å². The van der Waals surface area contributed by atoms with E-state index in [1.807, 2.05) is 6.07 Å². The number of piperazine rings is 1. The highest BCUT2D eigenvalue weighted by Crippen LogP contribution is 2.20. The quantitative estimate of drug-likeness (QED) is 0.870. The van der Waals surface area contributed by atoms with E-state index in [0.29, 0.717) is 5.82 Å². The molecule has 1 aromatic heterocycles. The van der Waals surface area contributed by atoms with Crippen LogP contribution in [0.5, 0.6) is 0 Å². The Balaban J connectivity index is 1.68. The molecule has 2 heterocycles. The first-order valence-corrected chi connectivity index (χ1v) is 8.05. The minimum Gasteiger partial charge on any atom is -0.478 e. The van der Waals surface area contributed by atoms with E-state index in [-0.39, 0.29) is 5.56 Å². The third-order valence-corrected chi connectivity index (χ3v) is 4.20. The number of carboxylic acids is 1. The fourth-order valence-electron chi connectivity index (χ4n) is 2.73. The minimum atomic E-state index is -0.933. The van der Waals surface area contributed by atoms with Crippen LogP contribution < -0.4 is 10.2 Å². The number of carboxylic acid groups (broad SMARTS) is 1. The van der Waals surface area contributed by atoms with Crippen molar-refractivity contribution in [3.8, 4) is 0 Å². The number of nitrogens with zero attached hydrogens (tertiary/aromatic N) is 4. The zero-order chi connectivity index (χ0) is 16.9. The Hall–Kier alpha value is -2.67. The topological polar surface area (TPSA) is 81.6 Å². The van der Waals surface area contributed by atoms with Crippen molar-refractivity contribution in [1.29, 1.82) is 0 Å². The Kier molecular flexibility index (Phi) is 4.90. The Labute approximate surface area is 141 Å². The van der Waals surface area contributed by atoms with Crippen molar-refractivity contribution >= 4 is 23.3 Å². The van der Waals surface area contributed by atoms with Crippen LogP contribution in [0.3, 0.4) is 0 Å². The van der Waals surface area contributed by atoms with Crippen LogP contribution in [0.1, 0.15) is 17.3 Å². The molecule has 1 aliphatic rings.